The molecule has 0 saturated carbocycles. The summed E-state index contributed by atoms with van der Waals surface area (Å²) in [5.41, 5.74) is 11.8. The van der Waals surface area contributed by atoms with Crippen molar-refractivity contribution in [2.75, 3.05) is 12.3 Å². The molecule has 2 aromatic carbocycles. The molecule has 5 rings (SSSR count). The number of hydrogen-bond donors (Lipinski definition) is 2. The van der Waals surface area contributed by atoms with Gasteiger partial charge in [-0.05, 0) is 45.6 Å². The number of nitrogen functional groups attached to an aromatic ring is 1. The van der Waals surface area contributed by atoms with E-state index in [9.17, 15) is 14.9 Å². The number of aromatic nitrogens is 5. The summed E-state index contributed by atoms with van der Waals surface area (Å²) in [6.45, 7) is 1.80. The molecular formula is C22H20N10O4. The maximum Gasteiger partial charge on any atom is 0.293 e. The number of hydrogen-bond acceptors (Lipinski definition) is 11. The monoisotopic (exact) mass is 488 g/mol. The van der Waals surface area contributed by atoms with Crippen LogP contribution in [0.3, 0.4) is 0 Å². The number of carbonyl (C=O) groups excluding carboxylic acids is 1. The normalized spacial score (nSPS) is 13.6. The summed E-state index contributed by atoms with van der Waals surface area (Å²) in [6.07, 6.45) is 2.24. The van der Waals surface area contributed by atoms with Crippen LogP contribution in [0.15, 0.2) is 58.3 Å². The highest BCUT2D eigenvalue weighted by molar-refractivity contribution is 5.94. The number of non-ortho nitro benzene ring substituents is 1. The van der Waals surface area contributed by atoms with Crippen molar-refractivity contribution in [3.63, 3.8) is 0 Å². The van der Waals surface area contributed by atoms with Crippen LogP contribution in [-0.2, 0) is 19.5 Å². The van der Waals surface area contributed by atoms with Gasteiger partial charge in [0.25, 0.3) is 11.6 Å². The first-order valence-electron chi connectivity index (χ1n) is 10.9. The number of nitrogens with zero attached hydrogens (tertiary/aromatic N) is 8. The Balaban J connectivity index is 1.37. The van der Waals surface area contributed by atoms with Crippen LogP contribution in [0.5, 0.6) is 0 Å². The van der Waals surface area contributed by atoms with Gasteiger partial charge in [-0.25, -0.2) is 10.1 Å². The van der Waals surface area contributed by atoms with Crippen LogP contribution >= 0.6 is 0 Å². The highest BCUT2D eigenvalue weighted by Crippen LogP contribution is 2.23. The van der Waals surface area contributed by atoms with E-state index < -0.39 is 10.8 Å². The zero-order valence-corrected chi connectivity index (χ0v) is 18.8. The topological polar surface area (TPSA) is 183 Å². The molecular weight excluding hydrogens is 468 g/mol. The SMILES string of the molecule is Nc1nonc1-n1nnc(C(=O)N/N=C\c2ccc([N+](=O)[O-])cc2)c1CN1CCc2ccccc2C1. The van der Waals surface area contributed by atoms with Gasteiger partial charge in [-0.15, -0.1) is 5.10 Å². The first-order valence-corrected chi connectivity index (χ1v) is 10.9. The molecule has 1 aliphatic heterocycles. The van der Waals surface area contributed by atoms with E-state index in [4.69, 9.17) is 10.4 Å². The molecule has 14 heteroatoms. The number of carbonyl (C=O) groups is 1. The number of hydrazone groups is 1. The van der Waals surface area contributed by atoms with Gasteiger partial charge in [0.05, 0.1) is 16.8 Å². The molecule has 0 fully saturated rings. The Morgan fingerprint density at radius 2 is 1.97 bits per heavy atom. The highest BCUT2D eigenvalue weighted by Gasteiger charge is 2.27. The lowest BCUT2D eigenvalue weighted by atomic mass is 10.00. The minimum atomic E-state index is -0.596. The predicted molar refractivity (Wildman–Crippen MR) is 126 cm³/mol. The number of fused-ring (bicyclic) bond motifs is 1. The second-order valence-corrected chi connectivity index (χ2v) is 8.05. The second-order valence-electron chi connectivity index (χ2n) is 8.05. The Bertz CT molecular complexity index is 1440. The fourth-order valence-corrected chi connectivity index (χ4v) is 3.93. The zero-order chi connectivity index (χ0) is 25.1. The summed E-state index contributed by atoms with van der Waals surface area (Å²) in [6, 6.07) is 13.9. The predicted octanol–water partition coefficient (Wildman–Crippen LogP) is 1.46. The highest BCUT2D eigenvalue weighted by atomic mass is 16.6. The van der Waals surface area contributed by atoms with Gasteiger partial charge in [0.1, 0.15) is 0 Å². The van der Waals surface area contributed by atoms with Crippen LogP contribution in [-0.4, -0.2) is 53.8 Å². The Morgan fingerprint density at radius 1 is 1.19 bits per heavy atom. The molecule has 0 unspecified atom stereocenters. The molecule has 36 heavy (non-hydrogen) atoms. The van der Waals surface area contributed by atoms with Crippen molar-refractivity contribution in [1.29, 1.82) is 0 Å². The van der Waals surface area contributed by atoms with Crippen LogP contribution in [0.25, 0.3) is 5.82 Å². The van der Waals surface area contributed by atoms with Crippen LogP contribution in [0.2, 0.25) is 0 Å². The zero-order valence-electron chi connectivity index (χ0n) is 18.8. The Morgan fingerprint density at radius 3 is 2.69 bits per heavy atom. The quantitative estimate of drug-likeness (QED) is 0.219. The van der Waals surface area contributed by atoms with Crippen molar-refractivity contribution in [2.24, 2.45) is 5.10 Å². The Labute approximate surface area is 203 Å². The van der Waals surface area contributed by atoms with E-state index in [1.807, 2.05) is 12.1 Å². The second kappa shape index (κ2) is 9.71. The molecule has 0 saturated heterocycles. The minimum Gasteiger partial charge on any atom is -0.378 e. The first kappa shape index (κ1) is 22.8. The third-order valence-corrected chi connectivity index (χ3v) is 5.74. The van der Waals surface area contributed by atoms with Crippen molar-refractivity contribution in [3.05, 3.63) is 86.7 Å². The van der Waals surface area contributed by atoms with E-state index in [1.54, 1.807) is 0 Å². The van der Waals surface area contributed by atoms with E-state index in [0.29, 0.717) is 24.3 Å². The number of nitrogens with one attached hydrogen (secondary N) is 1. The van der Waals surface area contributed by atoms with Gasteiger partial charge in [0, 0.05) is 31.8 Å². The van der Waals surface area contributed by atoms with Crippen molar-refractivity contribution in [1.82, 2.24) is 35.6 Å². The summed E-state index contributed by atoms with van der Waals surface area (Å²) in [7, 11) is 0. The molecule has 2 aromatic heterocycles. The first-order chi connectivity index (χ1) is 17.5. The molecule has 1 amide bonds. The smallest absolute Gasteiger partial charge is 0.293 e. The molecule has 182 valence electrons. The summed E-state index contributed by atoms with van der Waals surface area (Å²) >= 11 is 0. The minimum absolute atomic E-state index is 0.00768. The van der Waals surface area contributed by atoms with E-state index in [1.165, 1.54) is 46.3 Å². The number of nitro groups is 1. The van der Waals surface area contributed by atoms with E-state index >= 15 is 0 Å². The maximum atomic E-state index is 13.0. The van der Waals surface area contributed by atoms with Crippen molar-refractivity contribution in [2.45, 2.75) is 19.5 Å². The van der Waals surface area contributed by atoms with Crippen molar-refractivity contribution in [3.8, 4) is 5.82 Å². The Hall–Kier alpha value is -4.98. The van der Waals surface area contributed by atoms with Gasteiger partial charge in [-0.3, -0.25) is 19.8 Å². The van der Waals surface area contributed by atoms with Gasteiger partial charge in [-0.2, -0.15) is 9.78 Å². The molecule has 3 N–H and O–H groups in total. The molecule has 0 spiro atoms. The standard InChI is InChI=1S/C22H20N10O4/c23-20-21(28-36-27-20)31-18(13-30-10-9-15-3-1-2-4-16(15)12-30)19(25-29-31)22(33)26-24-11-14-5-7-17(8-6-14)32(34)35/h1-8,11H,9-10,12-13H2,(H2,23,27)(H,26,33)/b24-11-. The molecule has 0 atom stereocenters. The fourth-order valence-electron chi connectivity index (χ4n) is 3.93. The lowest BCUT2D eigenvalue weighted by Crippen LogP contribution is -2.32. The van der Waals surface area contributed by atoms with E-state index in [-0.39, 0.29) is 23.0 Å². The van der Waals surface area contributed by atoms with Crippen LogP contribution in [0.4, 0.5) is 11.5 Å². The van der Waals surface area contributed by atoms with Crippen LogP contribution in [0, 0.1) is 10.1 Å². The van der Waals surface area contributed by atoms with Crippen LogP contribution < -0.4 is 11.2 Å². The van der Waals surface area contributed by atoms with E-state index in [2.05, 4.69) is 48.2 Å². The summed E-state index contributed by atoms with van der Waals surface area (Å²) in [4.78, 5) is 25.4. The summed E-state index contributed by atoms with van der Waals surface area (Å²) in [5, 5.41) is 30.2. The molecule has 1 aliphatic rings. The van der Waals surface area contributed by atoms with Gasteiger partial charge in [0.2, 0.25) is 11.6 Å². The molecule has 3 heterocycles. The molecule has 14 nitrogen and oxygen atoms in total. The Kier molecular flexibility index (Phi) is 6.15. The largest absolute Gasteiger partial charge is 0.378 e. The van der Waals surface area contributed by atoms with Gasteiger partial charge in [-0.1, -0.05) is 29.5 Å². The number of rotatable bonds is 7. The summed E-state index contributed by atoms with van der Waals surface area (Å²) in [5.74, 6) is -0.460. The number of nitrogens with two attached hydrogens (primary N) is 1. The molecule has 0 radical (unpaired) electrons. The molecule has 0 aliphatic carbocycles. The van der Waals surface area contributed by atoms with Gasteiger partial charge < -0.3 is 5.73 Å². The molecule has 4 aromatic rings. The maximum absolute atomic E-state index is 13.0. The average Bonchev–Trinajstić information content (AvgIpc) is 3.49. The number of nitro benzene ring substituents is 1. The van der Waals surface area contributed by atoms with Crippen LogP contribution in [0.1, 0.15) is 32.9 Å². The number of amides is 1. The number of benzene rings is 2. The van der Waals surface area contributed by atoms with Gasteiger partial charge >= 0.3 is 0 Å². The third kappa shape index (κ3) is 4.65. The lowest BCUT2D eigenvalue weighted by Gasteiger charge is -2.28. The average molecular weight is 488 g/mol. The molecule has 0 bridgehead atoms. The summed E-state index contributed by atoms with van der Waals surface area (Å²) < 4.78 is 6.04. The van der Waals surface area contributed by atoms with E-state index in [0.717, 1.165) is 13.0 Å². The van der Waals surface area contributed by atoms with Gasteiger partial charge in [0.15, 0.2) is 5.69 Å². The lowest BCUT2D eigenvalue weighted by molar-refractivity contribution is -0.384. The number of anilines is 1. The van der Waals surface area contributed by atoms with Crippen molar-refractivity contribution >= 4 is 23.6 Å². The third-order valence-electron chi connectivity index (χ3n) is 5.74. The van der Waals surface area contributed by atoms with Crippen molar-refractivity contribution < 1.29 is 14.3 Å². The fraction of sp³-hybridized carbons (Fsp3) is 0.182.